The van der Waals surface area contributed by atoms with Gasteiger partial charge in [-0.15, -0.1) is 0 Å². The summed E-state index contributed by atoms with van der Waals surface area (Å²) in [5, 5.41) is 48.0. The van der Waals surface area contributed by atoms with Crippen LogP contribution in [0.15, 0.2) is 30.5 Å². The van der Waals surface area contributed by atoms with E-state index in [1.165, 1.54) is 0 Å². The van der Waals surface area contributed by atoms with Crippen molar-refractivity contribution in [3.63, 3.8) is 0 Å². The van der Waals surface area contributed by atoms with Crippen LogP contribution < -0.4 is 5.73 Å². The predicted octanol–water partition coefficient (Wildman–Crippen LogP) is -2.39. The highest BCUT2D eigenvalue weighted by Gasteiger charge is 2.38. The lowest BCUT2D eigenvalue weighted by Crippen LogP contribution is -2.52. The molecule has 1 unspecified atom stereocenters. The Balaban J connectivity index is 2.12. The number of H-pyrrole nitrogens is 1. The van der Waals surface area contributed by atoms with Gasteiger partial charge in [0.2, 0.25) is 0 Å². The number of benzene rings is 1. The molecular formula is C17H22N2O7. The van der Waals surface area contributed by atoms with Crippen LogP contribution in [-0.4, -0.2) is 79.1 Å². The lowest BCUT2D eigenvalue weighted by molar-refractivity contribution is -0.153. The number of ketones is 2. The number of aromatic nitrogens is 1. The van der Waals surface area contributed by atoms with Gasteiger partial charge in [-0.1, -0.05) is 18.2 Å². The normalized spacial score (nSPS) is 18.0. The minimum atomic E-state index is -2.31. The van der Waals surface area contributed by atoms with Crippen LogP contribution in [0.1, 0.15) is 5.56 Å². The smallest absolute Gasteiger partial charge is 0.200 e. The fourth-order valence-corrected chi connectivity index (χ4v) is 2.60. The van der Waals surface area contributed by atoms with Gasteiger partial charge in [-0.2, -0.15) is 0 Å². The van der Waals surface area contributed by atoms with E-state index in [1.807, 2.05) is 23.9 Å². The van der Waals surface area contributed by atoms with Crippen molar-refractivity contribution in [3.8, 4) is 0 Å². The van der Waals surface area contributed by atoms with Crippen LogP contribution in [-0.2, 0) is 16.0 Å². The molecule has 0 aliphatic heterocycles. The summed E-state index contributed by atoms with van der Waals surface area (Å²) in [5.74, 6) is -2.50. The molecule has 0 bridgehead atoms. The number of fused-ring (bicyclic) bond motifs is 1. The van der Waals surface area contributed by atoms with Crippen molar-refractivity contribution >= 4 is 22.5 Å². The average Bonchev–Trinajstić information content (AvgIpc) is 3.11. The molecular weight excluding hydrogens is 344 g/mol. The van der Waals surface area contributed by atoms with Crippen LogP contribution in [0.4, 0.5) is 0 Å². The molecule has 1 heterocycles. The van der Waals surface area contributed by atoms with Gasteiger partial charge in [0.05, 0.1) is 12.6 Å². The molecule has 26 heavy (non-hydrogen) atoms. The minimum absolute atomic E-state index is 0.00536. The number of hydrogen-bond donors (Lipinski definition) is 7. The van der Waals surface area contributed by atoms with Crippen LogP contribution in [0.3, 0.4) is 0 Å². The standard InChI is InChI=1S/C17H22N2O7/c18-10(5-8-6-19-11-4-2-1-3-9(8)11)13(22)15(24)17(26)16(25)14(23)12(21)7-20/h1-4,6,10,12,14-16,19-21,23-25H,5,7,18H2/t10-,12+,14+,15?,16-/m0/s1/i/hD. The zero-order valence-corrected chi connectivity index (χ0v) is 13.7. The van der Waals surface area contributed by atoms with E-state index in [1.54, 1.807) is 12.3 Å². The van der Waals surface area contributed by atoms with Crippen LogP contribution in [0.5, 0.6) is 0 Å². The maximum atomic E-state index is 12.4. The lowest BCUT2D eigenvalue weighted by atomic mass is 9.94. The van der Waals surface area contributed by atoms with E-state index >= 15 is 0 Å². The Kier molecular flexibility index (Phi) is 6.09. The van der Waals surface area contributed by atoms with E-state index in [2.05, 4.69) is 4.98 Å². The summed E-state index contributed by atoms with van der Waals surface area (Å²) in [5.41, 5.74) is 3.48. The Morgan fingerprint density at radius 3 is 2.50 bits per heavy atom. The van der Waals surface area contributed by atoms with Gasteiger partial charge >= 0.3 is 0 Å². The fraction of sp³-hybridized carbons (Fsp3) is 0.412. The van der Waals surface area contributed by atoms with Crippen LogP contribution in [0, 0.1) is 0 Å². The lowest BCUT2D eigenvalue weighted by Gasteiger charge is -2.23. The fourth-order valence-electron chi connectivity index (χ4n) is 2.60. The second-order valence-corrected chi connectivity index (χ2v) is 6.01. The Hall–Kier alpha value is -2.14. The zero-order chi connectivity index (χ0) is 20.1. The van der Waals surface area contributed by atoms with E-state index in [0.717, 1.165) is 10.9 Å². The molecule has 0 aliphatic rings. The second kappa shape index (κ2) is 8.49. The zero-order valence-electron chi connectivity index (χ0n) is 14.7. The SMILES string of the molecule is [2H]N[C@@H](Cc1c[nH]c2ccccc12)C(=O)C(O)C(=O)[C@@H](O)[C@H](O)[C@H](O)CO. The number of rotatable bonds is 10. The number of carbonyl (C=O) groups excluding carboxylic acids is 2. The molecule has 1 aromatic heterocycles. The minimum Gasteiger partial charge on any atom is -0.394 e. The van der Waals surface area contributed by atoms with Crippen molar-refractivity contribution in [2.45, 2.75) is 36.9 Å². The van der Waals surface area contributed by atoms with Crippen molar-refractivity contribution in [1.82, 2.24) is 4.98 Å². The molecule has 2 aromatic rings. The molecule has 0 spiro atoms. The molecule has 8 N–H and O–H groups in total. The number of carbonyl (C=O) groups is 2. The van der Waals surface area contributed by atoms with E-state index in [0.29, 0.717) is 5.56 Å². The molecule has 0 saturated carbocycles. The second-order valence-electron chi connectivity index (χ2n) is 6.01. The summed E-state index contributed by atoms with van der Waals surface area (Å²) in [7, 11) is 0. The third-order valence-electron chi connectivity index (χ3n) is 4.18. The maximum absolute atomic E-state index is 12.4. The molecule has 0 saturated heterocycles. The molecule has 2 rings (SSSR count). The van der Waals surface area contributed by atoms with Crippen molar-refractivity contribution in [2.75, 3.05) is 6.61 Å². The molecule has 9 heteroatoms. The molecule has 0 amide bonds. The Morgan fingerprint density at radius 1 is 1.15 bits per heavy atom. The van der Waals surface area contributed by atoms with Gasteiger partial charge in [0.15, 0.2) is 17.7 Å². The van der Waals surface area contributed by atoms with Crippen molar-refractivity contribution in [3.05, 3.63) is 36.0 Å². The molecule has 0 fully saturated rings. The third kappa shape index (κ3) is 4.15. The Bertz CT molecular complexity index is 796. The number of nitrogens with two attached hydrogens (primary N) is 1. The monoisotopic (exact) mass is 367 g/mol. The highest BCUT2D eigenvalue weighted by Crippen LogP contribution is 2.19. The maximum Gasteiger partial charge on any atom is 0.200 e. The first-order valence-corrected chi connectivity index (χ1v) is 7.94. The molecule has 5 atom stereocenters. The number of Topliss-reactive ketones (excluding diaryl/α,β-unsaturated/α-hetero) is 2. The Morgan fingerprint density at radius 2 is 1.85 bits per heavy atom. The summed E-state index contributed by atoms with van der Waals surface area (Å²) < 4.78 is 7.34. The number of aliphatic hydroxyl groups excluding tert-OH is 5. The summed E-state index contributed by atoms with van der Waals surface area (Å²) in [4.78, 5) is 27.4. The van der Waals surface area contributed by atoms with E-state index in [4.69, 9.17) is 6.52 Å². The molecule has 1 aromatic carbocycles. The molecule has 0 radical (unpaired) electrons. The molecule has 0 aliphatic carbocycles. The largest absolute Gasteiger partial charge is 0.394 e. The number of para-hydroxylation sites is 1. The number of aliphatic hydroxyl groups is 5. The van der Waals surface area contributed by atoms with Gasteiger partial charge in [-0.05, 0) is 18.1 Å². The van der Waals surface area contributed by atoms with Crippen LogP contribution in [0.25, 0.3) is 10.9 Å². The summed E-state index contributed by atoms with van der Waals surface area (Å²) in [6.45, 7) is -0.924. The Labute approximate surface area is 150 Å². The highest BCUT2D eigenvalue weighted by molar-refractivity contribution is 6.09. The van der Waals surface area contributed by atoms with E-state index in [9.17, 15) is 30.0 Å². The van der Waals surface area contributed by atoms with Gasteiger partial charge < -0.3 is 36.2 Å². The topological polar surface area (TPSA) is 177 Å². The highest BCUT2D eigenvalue weighted by atomic mass is 16.4. The average molecular weight is 367 g/mol. The van der Waals surface area contributed by atoms with Gasteiger partial charge in [-0.3, -0.25) is 9.59 Å². The molecule has 142 valence electrons. The van der Waals surface area contributed by atoms with Gasteiger partial charge in [-0.25, -0.2) is 0 Å². The van der Waals surface area contributed by atoms with Crippen LogP contribution >= 0.6 is 0 Å². The predicted molar refractivity (Wildman–Crippen MR) is 91.1 cm³/mol. The summed E-state index contributed by atoms with van der Waals surface area (Å²) >= 11 is 0. The number of aromatic amines is 1. The van der Waals surface area contributed by atoms with Gasteiger partial charge in [0.1, 0.15) is 19.7 Å². The van der Waals surface area contributed by atoms with Gasteiger partial charge in [0.25, 0.3) is 0 Å². The first-order chi connectivity index (χ1) is 12.8. The third-order valence-corrected chi connectivity index (χ3v) is 4.18. The van der Waals surface area contributed by atoms with E-state index < -0.39 is 48.6 Å². The summed E-state index contributed by atoms with van der Waals surface area (Å²) in [6, 6.07) is 6.00. The van der Waals surface area contributed by atoms with Crippen molar-refractivity contribution in [1.29, 1.82) is 0 Å². The molecule has 9 nitrogen and oxygen atoms in total. The van der Waals surface area contributed by atoms with Gasteiger partial charge in [0, 0.05) is 17.1 Å². The first-order valence-electron chi connectivity index (χ1n) is 8.44. The number of nitrogens with one attached hydrogen (secondary N) is 1. The van der Waals surface area contributed by atoms with Crippen molar-refractivity contribution in [2.24, 2.45) is 5.73 Å². The first kappa shape index (κ1) is 18.6. The summed E-state index contributed by atoms with van der Waals surface area (Å²) in [6.07, 6.45) is -6.83. The number of hydrogen-bond acceptors (Lipinski definition) is 8. The van der Waals surface area contributed by atoms with Crippen molar-refractivity contribution < 1.29 is 36.5 Å². The van der Waals surface area contributed by atoms with E-state index in [-0.39, 0.29) is 6.42 Å². The van der Waals surface area contributed by atoms with Crippen LogP contribution in [0.2, 0.25) is 1.41 Å². The quantitative estimate of drug-likeness (QED) is 0.227.